The van der Waals surface area contributed by atoms with Crippen LogP contribution in [0.5, 0.6) is 0 Å². The summed E-state index contributed by atoms with van der Waals surface area (Å²) in [7, 11) is -3.23. The second kappa shape index (κ2) is 3.56. The van der Waals surface area contributed by atoms with Gasteiger partial charge in [-0.1, -0.05) is 5.16 Å². The molecule has 0 aromatic rings. The number of oxime groups is 1. The van der Waals surface area contributed by atoms with E-state index in [4.69, 9.17) is 10.9 Å². The lowest BCUT2D eigenvalue weighted by atomic mass is 10.6. The molecule has 0 aliphatic rings. The van der Waals surface area contributed by atoms with Gasteiger partial charge in [0.05, 0.1) is 5.25 Å². The van der Waals surface area contributed by atoms with Gasteiger partial charge in [-0.25, -0.2) is 8.42 Å². The molecule has 0 heterocycles. The second-order valence-corrected chi connectivity index (χ2v) is 5.00. The van der Waals surface area contributed by atoms with E-state index in [1.807, 2.05) is 0 Å². The number of hydrogen-bond donors (Lipinski definition) is 2. The first-order valence-corrected chi connectivity index (χ1v) is 4.79. The molecular weight excluding hydrogens is 168 g/mol. The molecule has 0 unspecified atom stereocenters. The average Bonchev–Trinajstić information content (AvgIpc) is 1.86. The zero-order chi connectivity index (χ0) is 9.07. The molecule has 0 spiro atoms. The number of rotatable bonds is 3. The Hall–Kier alpha value is -0.780. The van der Waals surface area contributed by atoms with Gasteiger partial charge >= 0.3 is 0 Å². The van der Waals surface area contributed by atoms with Crippen molar-refractivity contribution in [1.29, 1.82) is 0 Å². The molecule has 0 fully saturated rings. The molecule has 66 valence electrons. The molecule has 0 atom stereocenters. The summed E-state index contributed by atoms with van der Waals surface area (Å²) in [5.74, 6) is -0.667. The number of amidine groups is 1. The van der Waals surface area contributed by atoms with Gasteiger partial charge in [0, 0.05) is 0 Å². The molecule has 0 bridgehead atoms. The summed E-state index contributed by atoms with van der Waals surface area (Å²) < 4.78 is 22.1. The maximum Gasteiger partial charge on any atom is 0.159 e. The molecule has 0 rings (SSSR count). The molecule has 0 aliphatic heterocycles. The Bertz CT molecular complexity index is 242. The molecule has 0 amide bonds. The average molecular weight is 180 g/mol. The highest BCUT2D eigenvalue weighted by atomic mass is 32.2. The van der Waals surface area contributed by atoms with Crippen LogP contribution in [0, 0.1) is 0 Å². The highest BCUT2D eigenvalue weighted by Crippen LogP contribution is 1.99. The Morgan fingerprint density at radius 2 is 2.09 bits per heavy atom. The normalized spacial score (nSPS) is 13.9. The monoisotopic (exact) mass is 180 g/mol. The molecule has 0 aromatic heterocycles. The Kier molecular flexibility index (Phi) is 3.31. The van der Waals surface area contributed by atoms with Crippen molar-refractivity contribution in [3.05, 3.63) is 0 Å². The molecule has 0 saturated carbocycles. The number of nitrogens with zero attached hydrogens (tertiary/aromatic N) is 1. The lowest BCUT2D eigenvalue weighted by molar-refractivity contribution is 0.318. The summed E-state index contributed by atoms with van der Waals surface area (Å²) in [6, 6.07) is 0. The van der Waals surface area contributed by atoms with E-state index in [9.17, 15) is 8.42 Å². The van der Waals surface area contributed by atoms with Gasteiger partial charge in [-0.15, -0.1) is 0 Å². The van der Waals surface area contributed by atoms with Crippen LogP contribution in [0.3, 0.4) is 0 Å². The molecule has 3 N–H and O–H groups in total. The summed E-state index contributed by atoms with van der Waals surface area (Å²) in [6.07, 6.45) is 0. The minimum Gasteiger partial charge on any atom is -0.409 e. The highest BCUT2D eigenvalue weighted by Gasteiger charge is 2.17. The Labute approximate surface area is 65.8 Å². The number of hydrogen-bond acceptors (Lipinski definition) is 4. The Morgan fingerprint density at radius 3 is 2.36 bits per heavy atom. The summed E-state index contributed by atoms with van der Waals surface area (Å²) in [6.45, 7) is 3.08. The Balaban J connectivity index is 4.39. The fraction of sp³-hybridized carbons (Fsp3) is 0.800. The van der Waals surface area contributed by atoms with E-state index in [0.29, 0.717) is 0 Å². The predicted molar refractivity (Wildman–Crippen MR) is 42.3 cm³/mol. The number of nitrogens with two attached hydrogens (primary N) is 1. The lowest BCUT2D eigenvalue weighted by Gasteiger charge is -2.04. The second-order valence-electron chi connectivity index (χ2n) is 2.45. The summed E-state index contributed by atoms with van der Waals surface area (Å²) >= 11 is 0. The van der Waals surface area contributed by atoms with Crippen molar-refractivity contribution in [1.82, 2.24) is 0 Å². The first-order valence-electron chi connectivity index (χ1n) is 3.08. The van der Waals surface area contributed by atoms with Crippen LogP contribution in [0.15, 0.2) is 5.16 Å². The molecule has 5 nitrogen and oxygen atoms in total. The van der Waals surface area contributed by atoms with Crippen LogP contribution in [0.2, 0.25) is 0 Å². The van der Waals surface area contributed by atoms with Gasteiger partial charge in [0.15, 0.2) is 15.7 Å². The van der Waals surface area contributed by atoms with E-state index in [2.05, 4.69) is 5.16 Å². The summed E-state index contributed by atoms with van der Waals surface area (Å²) in [4.78, 5) is 0. The van der Waals surface area contributed by atoms with Gasteiger partial charge in [0.2, 0.25) is 0 Å². The standard InChI is InChI=1S/C5H12N2O3S/c1-4(2)11(9,10)3-5(6)7-8/h4,8H,3H2,1-2H3,(H2,6,7). The third-order valence-corrected chi connectivity index (χ3v) is 3.33. The minimum atomic E-state index is -3.23. The first-order chi connectivity index (χ1) is 4.90. The van der Waals surface area contributed by atoms with Crippen LogP contribution < -0.4 is 5.73 Å². The van der Waals surface area contributed by atoms with Gasteiger partial charge in [-0.3, -0.25) is 0 Å². The van der Waals surface area contributed by atoms with E-state index < -0.39 is 15.1 Å². The van der Waals surface area contributed by atoms with Crippen molar-refractivity contribution in [3.63, 3.8) is 0 Å². The molecule has 11 heavy (non-hydrogen) atoms. The Morgan fingerprint density at radius 1 is 1.64 bits per heavy atom. The molecule has 0 radical (unpaired) electrons. The van der Waals surface area contributed by atoms with Crippen LogP contribution >= 0.6 is 0 Å². The third kappa shape index (κ3) is 3.22. The van der Waals surface area contributed by atoms with Gasteiger partial charge < -0.3 is 10.9 Å². The van der Waals surface area contributed by atoms with Crippen LogP contribution in [0.1, 0.15) is 13.8 Å². The SMILES string of the molecule is CC(C)S(=O)(=O)CC(N)=NO. The van der Waals surface area contributed by atoms with Crippen molar-refractivity contribution in [2.24, 2.45) is 10.9 Å². The molecular formula is C5H12N2O3S. The molecule has 0 saturated heterocycles. The topological polar surface area (TPSA) is 92.8 Å². The summed E-state index contributed by atoms with van der Waals surface area (Å²) in [5, 5.41) is 10.2. The molecule has 6 heteroatoms. The van der Waals surface area contributed by atoms with E-state index in [1.54, 1.807) is 13.8 Å². The van der Waals surface area contributed by atoms with E-state index in [0.717, 1.165) is 0 Å². The van der Waals surface area contributed by atoms with E-state index in [1.165, 1.54) is 0 Å². The maximum absolute atomic E-state index is 11.0. The van der Waals surface area contributed by atoms with Crippen molar-refractivity contribution in [2.45, 2.75) is 19.1 Å². The smallest absolute Gasteiger partial charge is 0.159 e. The quantitative estimate of drug-likeness (QED) is 0.266. The van der Waals surface area contributed by atoms with E-state index >= 15 is 0 Å². The van der Waals surface area contributed by atoms with Gasteiger partial charge in [-0.05, 0) is 13.8 Å². The van der Waals surface area contributed by atoms with Crippen LogP contribution in [-0.2, 0) is 9.84 Å². The van der Waals surface area contributed by atoms with Gasteiger partial charge in [-0.2, -0.15) is 0 Å². The molecule has 0 aromatic carbocycles. The molecule has 0 aliphatic carbocycles. The van der Waals surface area contributed by atoms with E-state index in [-0.39, 0.29) is 11.6 Å². The minimum absolute atomic E-state index is 0.279. The van der Waals surface area contributed by atoms with Crippen molar-refractivity contribution in [3.8, 4) is 0 Å². The van der Waals surface area contributed by atoms with Crippen molar-refractivity contribution < 1.29 is 13.6 Å². The summed E-state index contributed by atoms with van der Waals surface area (Å²) in [5.41, 5.74) is 5.02. The van der Waals surface area contributed by atoms with Crippen LogP contribution in [0.25, 0.3) is 0 Å². The zero-order valence-corrected chi connectivity index (χ0v) is 7.30. The fourth-order valence-corrected chi connectivity index (χ4v) is 1.20. The van der Waals surface area contributed by atoms with Crippen LogP contribution in [-0.4, -0.2) is 30.5 Å². The first kappa shape index (κ1) is 10.2. The highest BCUT2D eigenvalue weighted by molar-refractivity contribution is 7.92. The van der Waals surface area contributed by atoms with Gasteiger partial charge in [0.25, 0.3) is 0 Å². The van der Waals surface area contributed by atoms with Crippen molar-refractivity contribution >= 4 is 15.7 Å². The largest absolute Gasteiger partial charge is 0.409 e. The van der Waals surface area contributed by atoms with Crippen LogP contribution in [0.4, 0.5) is 0 Å². The predicted octanol–water partition coefficient (Wildman–Crippen LogP) is -0.444. The third-order valence-electron chi connectivity index (χ3n) is 1.20. The zero-order valence-electron chi connectivity index (χ0n) is 6.48. The number of sulfone groups is 1. The fourth-order valence-electron chi connectivity index (χ4n) is 0.402. The van der Waals surface area contributed by atoms with Gasteiger partial charge in [0.1, 0.15) is 5.75 Å². The lowest BCUT2D eigenvalue weighted by Crippen LogP contribution is -2.28. The maximum atomic E-state index is 11.0. The van der Waals surface area contributed by atoms with Crippen molar-refractivity contribution in [2.75, 3.05) is 5.75 Å².